The van der Waals surface area contributed by atoms with E-state index in [1.54, 1.807) is 13.2 Å². The van der Waals surface area contributed by atoms with Crippen LogP contribution in [0, 0.1) is 13.8 Å². The Labute approximate surface area is 138 Å². The maximum absolute atomic E-state index is 12.3. The summed E-state index contributed by atoms with van der Waals surface area (Å²) >= 11 is 0. The molecule has 2 aromatic heterocycles. The number of methoxy groups -OCH3 is 1. The first-order valence-corrected chi connectivity index (χ1v) is 7.62. The third-order valence-corrected chi connectivity index (χ3v) is 3.99. The number of aromatic amines is 2. The lowest BCUT2D eigenvalue weighted by atomic mass is 10.1. The largest absolute Gasteiger partial charge is 0.497 e. The number of aromatic nitrogens is 2. The van der Waals surface area contributed by atoms with Crippen LogP contribution in [-0.2, 0) is 6.54 Å². The molecule has 0 radical (unpaired) electrons. The minimum absolute atomic E-state index is 0.172. The number of ether oxygens (including phenoxy) is 1. The molecule has 0 aliphatic heterocycles. The van der Waals surface area contributed by atoms with Crippen LogP contribution < -0.4 is 15.6 Å². The monoisotopic (exact) mass is 325 g/mol. The fraction of sp³-hybridized carbons (Fsp3) is 0.222. The second-order valence-electron chi connectivity index (χ2n) is 5.76. The zero-order valence-corrected chi connectivity index (χ0v) is 13.8. The summed E-state index contributed by atoms with van der Waals surface area (Å²) < 4.78 is 5.17. The Kier molecular flexibility index (Phi) is 4.12. The Morgan fingerprint density at radius 1 is 1.17 bits per heavy atom. The summed E-state index contributed by atoms with van der Waals surface area (Å²) in [5.41, 5.74) is 3.32. The minimum atomic E-state index is -0.260. The maximum atomic E-state index is 12.3. The molecule has 0 spiro atoms. The quantitative estimate of drug-likeness (QED) is 0.688. The normalized spacial score (nSPS) is 10.8. The fourth-order valence-electron chi connectivity index (χ4n) is 2.72. The van der Waals surface area contributed by atoms with Crippen molar-refractivity contribution in [1.29, 1.82) is 0 Å². The highest BCUT2D eigenvalue weighted by Crippen LogP contribution is 2.21. The summed E-state index contributed by atoms with van der Waals surface area (Å²) in [6.07, 6.45) is 0. The van der Waals surface area contributed by atoms with Gasteiger partial charge in [0.15, 0.2) is 0 Å². The maximum Gasteiger partial charge on any atom is 0.268 e. The zero-order chi connectivity index (χ0) is 17.3. The summed E-state index contributed by atoms with van der Waals surface area (Å²) in [6, 6.07) is 9.22. The van der Waals surface area contributed by atoms with Crippen LogP contribution in [0.25, 0.3) is 10.9 Å². The molecule has 1 amide bonds. The first-order chi connectivity index (χ1) is 11.5. The Balaban J connectivity index is 1.79. The second kappa shape index (κ2) is 6.23. The number of H-pyrrole nitrogens is 2. The van der Waals surface area contributed by atoms with Gasteiger partial charge in [-0.1, -0.05) is 0 Å². The number of carbonyl (C=O) groups excluding carboxylic acids is 1. The average molecular weight is 325 g/mol. The lowest BCUT2D eigenvalue weighted by Gasteiger charge is -2.07. The molecule has 3 N–H and O–H groups in total. The standard InChI is InChI=1S/C18H19N3O3/c1-10-6-11(2)20-17(22)14(10)9-19-18(23)16-7-12-4-5-13(24-3)8-15(12)21-16/h4-8,21H,9H2,1-3H3,(H,19,23)(H,20,22). The van der Waals surface area contributed by atoms with Crippen LogP contribution in [0.4, 0.5) is 0 Å². The van der Waals surface area contributed by atoms with Crippen LogP contribution in [-0.4, -0.2) is 23.0 Å². The number of aryl methyl sites for hydroxylation is 2. The Bertz CT molecular complexity index is 969. The summed E-state index contributed by atoms with van der Waals surface area (Å²) in [4.78, 5) is 30.2. The molecule has 1 aromatic carbocycles. The van der Waals surface area contributed by atoms with Gasteiger partial charge in [0.25, 0.3) is 11.5 Å². The van der Waals surface area contributed by atoms with Gasteiger partial charge in [0.1, 0.15) is 11.4 Å². The van der Waals surface area contributed by atoms with E-state index in [1.807, 2.05) is 38.1 Å². The molecule has 0 aliphatic rings. The van der Waals surface area contributed by atoms with Crippen LogP contribution >= 0.6 is 0 Å². The molecule has 6 nitrogen and oxygen atoms in total. The van der Waals surface area contributed by atoms with Crippen molar-refractivity contribution in [3.05, 3.63) is 63.2 Å². The van der Waals surface area contributed by atoms with Gasteiger partial charge in [-0.3, -0.25) is 9.59 Å². The highest BCUT2D eigenvalue weighted by Gasteiger charge is 2.12. The number of pyridine rings is 1. The molecule has 3 aromatic rings. The molecule has 0 aliphatic carbocycles. The second-order valence-corrected chi connectivity index (χ2v) is 5.76. The SMILES string of the molecule is COc1ccc2cc(C(=O)NCc3c(C)cc(C)[nH]c3=O)[nH]c2c1. The van der Waals surface area contributed by atoms with Crippen molar-refractivity contribution in [2.24, 2.45) is 0 Å². The van der Waals surface area contributed by atoms with E-state index in [4.69, 9.17) is 4.74 Å². The van der Waals surface area contributed by atoms with Gasteiger partial charge < -0.3 is 20.0 Å². The summed E-state index contributed by atoms with van der Waals surface area (Å²) in [7, 11) is 1.60. The van der Waals surface area contributed by atoms with Gasteiger partial charge >= 0.3 is 0 Å². The highest BCUT2D eigenvalue weighted by atomic mass is 16.5. The number of carbonyl (C=O) groups is 1. The van der Waals surface area contributed by atoms with E-state index in [1.165, 1.54) is 0 Å². The molecular formula is C18H19N3O3. The fourth-order valence-corrected chi connectivity index (χ4v) is 2.72. The minimum Gasteiger partial charge on any atom is -0.497 e. The molecule has 6 heteroatoms. The molecule has 0 saturated heterocycles. The van der Waals surface area contributed by atoms with Gasteiger partial charge in [0.05, 0.1) is 7.11 Å². The molecule has 0 bridgehead atoms. The summed E-state index contributed by atoms with van der Waals surface area (Å²) in [5, 5.41) is 3.71. The molecule has 124 valence electrons. The van der Waals surface area contributed by atoms with Crippen molar-refractivity contribution in [2.75, 3.05) is 7.11 Å². The Morgan fingerprint density at radius 2 is 1.96 bits per heavy atom. The van der Waals surface area contributed by atoms with E-state index in [9.17, 15) is 9.59 Å². The van der Waals surface area contributed by atoms with Gasteiger partial charge in [-0.2, -0.15) is 0 Å². The lowest BCUT2D eigenvalue weighted by Crippen LogP contribution is -2.28. The third kappa shape index (κ3) is 3.03. The van der Waals surface area contributed by atoms with Crippen molar-refractivity contribution in [3.8, 4) is 5.75 Å². The van der Waals surface area contributed by atoms with Gasteiger partial charge in [0, 0.05) is 34.8 Å². The van der Waals surface area contributed by atoms with Crippen molar-refractivity contribution in [2.45, 2.75) is 20.4 Å². The predicted molar refractivity (Wildman–Crippen MR) is 92.6 cm³/mol. The number of amides is 1. The molecule has 0 fully saturated rings. The van der Waals surface area contributed by atoms with Crippen LogP contribution in [0.1, 0.15) is 27.3 Å². The van der Waals surface area contributed by atoms with Crippen molar-refractivity contribution in [1.82, 2.24) is 15.3 Å². The number of hydrogen-bond acceptors (Lipinski definition) is 3. The molecule has 3 rings (SSSR count). The molecular weight excluding hydrogens is 306 g/mol. The van der Waals surface area contributed by atoms with Crippen molar-refractivity contribution in [3.63, 3.8) is 0 Å². The lowest BCUT2D eigenvalue weighted by molar-refractivity contribution is 0.0946. The summed E-state index contributed by atoms with van der Waals surface area (Å²) in [6.45, 7) is 3.87. The molecule has 0 saturated carbocycles. The van der Waals surface area contributed by atoms with Gasteiger partial charge in [-0.15, -0.1) is 0 Å². The van der Waals surface area contributed by atoms with Crippen LogP contribution in [0.2, 0.25) is 0 Å². The first-order valence-electron chi connectivity index (χ1n) is 7.62. The van der Waals surface area contributed by atoms with Gasteiger partial charge in [-0.25, -0.2) is 0 Å². The van der Waals surface area contributed by atoms with Gasteiger partial charge in [-0.05, 0) is 43.7 Å². The number of hydrogen-bond donors (Lipinski definition) is 3. The molecule has 24 heavy (non-hydrogen) atoms. The average Bonchev–Trinajstić information content (AvgIpc) is 2.96. The Hall–Kier alpha value is -3.02. The van der Waals surface area contributed by atoms with Crippen LogP contribution in [0.5, 0.6) is 5.75 Å². The highest BCUT2D eigenvalue weighted by molar-refractivity contribution is 5.98. The van der Waals surface area contributed by atoms with E-state index < -0.39 is 0 Å². The van der Waals surface area contributed by atoms with E-state index in [0.29, 0.717) is 11.3 Å². The number of rotatable bonds is 4. The molecule has 2 heterocycles. The van der Waals surface area contributed by atoms with Crippen molar-refractivity contribution >= 4 is 16.8 Å². The Morgan fingerprint density at radius 3 is 2.67 bits per heavy atom. The van der Waals surface area contributed by atoms with E-state index >= 15 is 0 Å². The van der Waals surface area contributed by atoms with Crippen molar-refractivity contribution < 1.29 is 9.53 Å². The molecule has 0 unspecified atom stereocenters. The zero-order valence-electron chi connectivity index (χ0n) is 13.8. The number of nitrogens with one attached hydrogen (secondary N) is 3. The van der Waals surface area contributed by atoms with E-state index in [-0.39, 0.29) is 18.0 Å². The number of fused-ring (bicyclic) bond motifs is 1. The smallest absolute Gasteiger partial charge is 0.268 e. The van der Waals surface area contributed by atoms with E-state index in [2.05, 4.69) is 15.3 Å². The van der Waals surface area contributed by atoms with Crippen LogP contribution in [0.3, 0.4) is 0 Å². The first kappa shape index (κ1) is 15.9. The van der Waals surface area contributed by atoms with Gasteiger partial charge in [0.2, 0.25) is 0 Å². The third-order valence-electron chi connectivity index (χ3n) is 3.99. The topological polar surface area (TPSA) is 87.0 Å². The predicted octanol–water partition coefficient (Wildman–Crippen LogP) is 2.41. The summed E-state index contributed by atoms with van der Waals surface area (Å²) in [5.74, 6) is 0.461. The van der Waals surface area contributed by atoms with E-state index in [0.717, 1.165) is 27.9 Å². The number of benzene rings is 1. The van der Waals surface area contributed by atoms with Crippen LogP contribution in [0.15, 0.2) is 35.1 Å². The molecule has 0 atom stereocenters.